The molecule has 0 saturated heterocycles. The third-order valence-electron chi connectivity index (χ3n) is 3.46. The number of nitrogens with two attached hydrogens (primary N) is 1. The molecule has 1 atom stereocenters. The van der Waals surface area contributed by atoms with Gasteiger partial charge in [-0.2, -0.15) is 0 Å². The molecule has 1 unspecified atom stereocenters. The summed E-state index contributed by atoms with van der Waals surface area (Å²) in [5, 5.41) is 6.47. The normalized spacial score (nSPS) is 11.7. The quantitative estimate of drug-likeness (QED) is 0.669. The number of aromatic nitrogens is 3. The van der Waals surface area contributed by atoms with Crippen LogP contribution in [-0.4, -0.2) is 15.0 Å². The van der Waals surface area contributed by atoms with Gasteiger partial charge in [-0.1, -0.05) is 30.3 Å². The Morgan fingerprint density at radius 2 is 1.78 bits per heavy atom. The van der Waals surface area contributed by atoms with Crippen LogP contribution >= 0.6 is 0 Å². The summed E-state index contributed by atoms with van der Waals surface area (Å²) in [6, 6.07) is 13.9. The van der Waals surface area contributed by atoms with E-state index in [0.717, 1.165) is 11.3 Å². The van der Waals surface area contributed by atoms with Crippen LogP contribution in [0.5, 0.6) is 0 Å². The molecule has 3 aromatic rings. The van der Waals surface area contributed by atoms with Gasteiger partial charge in [-0.25, -0.2) is 9.97 Å². The van der Waals surface area contributed by atoms with E-state index in [1.54, 1.807) is 12.4 Å². The van der Waals surface area contributed by atoms with Gasteiger partial charge in [-0.05, 0) is 24.6 Å². The number of nitrogen functional groups attached to an aromatic ring is 1. The number of pyridine rings is 1. The topological polar surface area (TPSA) is 88.8 Å². The maximum atomic E-state index is 6.19. The van der Waals surface area contributed by atoms with Crippen molar-refractivity contribution in [1.29, 1.82) is 0 Å². The van der Waals surface area contributed by atoms with Gasteiger partial charge in [0.1, 0.15) is 12.0 Å². The molecule has 6 nitrogen and oxygen atoms in total. The lowest BCUT2D eigenvalue weighted by molar-refractivity contribution is 0.873. The first-order valence-corrected chi connectivity index (χ1v) is 7.33. The van der Waals surface area contributed by atoms with Gasteiger partial charge in [0.25, 0.3) is 0 Å². The second kappa shape index (κ2) is 6.74. The minimum atomic E-state index is 0.0830. The number of hydrogen-bond acceptors (Lipinski definition) is 6. The Hall–Kier alpha value is -3.15. The zero-order valence-electron chi connectivity index (χ0n) is 12.8. The minimum Gasteiger partial charge on any atom is -0.393 e. The smallest absolute Gasteiger partial charge is 0.159 e. The highest BCUT2D eigenvalue weighted by molar-refractivity contribution is 5.77. The molecule has 23 heavy (non-hydrogen) atoms. The van der Waals surface area contributed by atoms with Crippen LogP contribution in [0.1, 0.15) is 18.5 Å². The van der Waals surface area contributed by atoms with E-state index in [9.17, 15) is 0 Å². The Morgan fingerprint density at radius 1 is 1.00 bits per heavy atom. The highest BCUT2D eigenvalue weighted by Crippen LogP contribution is 2.28. The van der Waals surface area contributed by atoms with Crippen LogP contribution < -0.4 is 16.4 Å². The van der Waals surface area contributed by atoms with Crippen LogP contribution in [-0.2, 0) is 0 Å². The van der Waals surface area contributed by atoms with Crippen molar-refractivity contribution in [2.75, 3.05) is 16.4 Å². The molecule has 0 aliphatic heterocycles. The summed E-state index contributed by atoms with van der Waals surface area (Å²) in [5.41, 5.74) is 8.64. The number of nitrogens with one attached hydrogen (secondary N) is 2. The monoisotopic (exact) mass is 306 g/mol. The zero-order chi connectivity index (χ0) is 16.1. The number of anilines is 4. The second-order valence-electron chi connectivity index (χ2n) is 5.13. The minimum absolute atomic E-state index is 0.0830. The summed E-state index contributed by atoms with van der Waals surface area (Å²) in [6.45, 7) is 2.06. The van der Waals surface area contributed by atoms with Crippen LogP contribution in [0.4, 0.5) is 23.0 Å². The second-order valence-corrected chi connectivity index (χ2v) is 5.13. The first-order valence-electron chi connectivity index (χ1n) is 7.33. The van der Waals surface area contributed by atoms with Gasteiger partial charge >= 0.3 is 0 Å². The van der Waals surface area contributed by atoms with Crippen LogP contribution in [0.2, 0.25) is 0 Å². The molecule has 0 saturated carbocycles. The number of benzene rings is 1. The first-order chi connectivity index (χ1) is 11.2. The molecular weight excluding hydrogens is 288 g/mol. The molecule has 0 aliphatic rings. The Bertz CT molecular complexity index is 761. The van der Waals surface area contributed by atoms with Crippen molar-refractivity contribution in [2.24, 2.45) is 0 Å². The summed E-state index contributed by atoms with van der Waals surface area (Å²) < 4.78 is 0. The van der Waals surface area contributed by atoms with E-state index in [2.05, 4.69) is 44.6 Å². The highest BCUT2D eigenvalue weighted by atomic mass is 15.1. The maximum absolute atomic E-state index is 6.19. The molecule has 1 aromatic carbocycles. The summed E-state index contributed by atoms with van der Waals surface area (Å²) in [6.07, 6.45) is 4.90. The largest absolute Gasteiger partial charge is 0.393 e. The fourth-order valence-corrected chi connectivity index (χ4v) is 2.21. The van der Waals surface area contributed by atoms with Crippen molar-refractivity contribution in [1.82, 2.24) is 15.0 Å². The lowest BCUT2D eigenvalue weighted by Crippen LogP contribution is -2.11. The lowest BCUT2D eigenvalue weighted by Gasteiger charge is -2.17. The Kier molecular flexibility index (Phi) is 4.33. The Balaban J connectivity index is 1.80. The van der Waals surface area contributed by atoms with Gasteiger partial charge in [0.05, 0.1) is 17.9 Å². The summed E-state index contributed by atoms with van der Waals surface area (Å²) in [4.78, 5) is 12.5. The van der Waals surface area contributed by atoms with Gasteiger partial charge in [-0.3, -0.25) is 4.98 Å². The van der Waals surface area contributed by atoms with E-state index in [1.165, 1.54) is 6.33 Å². The van der Waals surface area contributed by atoms with Gasteiger partial charge in [-0.15, -0.1) is 0 Å². The summed E-state index contributed by atoms with van der Waals surface area (Å²) in [7, 11) is 0. The molecule has 2 heterocycles. The van der Waals surface area contributed by atoms with E-state index in [1.807, 2.05) is 30.3 Å². The predicted octanol–water partition coefficient (Wildman–Crippen LogP) is 3.37. The summed E-state index contributed by atoms with van der Waals surface area (Å²) in [5.74, 6) is 1.15. The maximum Gasteiger partial charge on any atom is 0.159 e. The first kappa shape index (κ1) is 14.8. The van der Waals surface area contributed by atoms with Crippen LogP contribution in [0.3, 0.4) is 0 Å². The molecule has 6 heteroatoms. The standard InChI is InChI=1S/C17H18N6/c1-12(13-6-3-2-4-7-13)22-16-15(18)17(21-11-20-16)23-14-8-5-9-19-10-14/h2-12H,18H2,1H3,(H2,20,21,22,23). The number of rotatable bonds is 5. The number of hydrogen-bond donors (Lipinski definition) is 3. The molecule has 0 bridgehead atoms. The van der Waals surface area contributed by atoms with E-state index >= 15 is 0 Å². The van der Waals surface area contributed by atoms with Crippen molar-refractivity contribution in [2.45, 2.75) is 13.0 Å². The molecule has 0 radical (unpaired) electrons. The average Bonchev–Trinajstić information content (AvgIpc) is 2.60. The van der Waals surface area contributed by atoms with E-state index < -0.39 is 0 Å². The molecule has 2 aromatic heterocycles. The predicted molar refractivity (Wildman–Crippen MR) is 92.4 cm³/mol. The molecule has 0 fully saturated rings. The van der Waals surface area contributed by atoms with E-state index in [0.29, 0.717) is 17.3 Å². The average molecular weight is 306 g/mol. The van der Waals surface area contributed by atoms with Crippen LogP contribution in [0, 0.1) is 0 Å². The van der Waals surface area contributed by atoms with Crippen molar-refractivity contribution >= 4 is 23.0 Å². The molecule has 116 valence electrons. The SMILES string of the molecule is CC(Nc1ncnc(Nc2cccnc2)c1N)c1ccccc1. The molecule has 3 rings (SSSR count). The van der Waals surface area contributed by atoms with Crippen molar-refractivity contribution < 1.29 is 0 Å². The Morgan fingerprint density at radius 3 is 2.52 bits per heavy atom. The lowest BCUT2D eigenvalue weighted by atomic mass is 10.1. The van der Waals surface area contributed by atoms with Crippen molar-refractivity contribution in [3.63, 3.8) is 0 Å². The van der Waals surface area contributed by atoms with Crippen LogP contribution in [0.15, 0.2) is 61.2 Å². The van der Waals surface area contributed by atoms with E-state index in [4.69, 9.17) is 5.73 Å². The number of nitrogens with zero attached hydrogens (tertiary/aromatic N) is 3. The van der Waals surface area contributed by atoms with Gasteiger partial charge < -0.3 is 16.4 Å². The van der Waals surface area contributed by atoms with Crippen molar-refractivity contribution in [3.8, 4) is 0 Å². The van der Waals surface area contributed by atoms with Crippen molar-refractivity contribution in [3.05, 3.63) is 66.7 Å². The molecular formula is C17H18N6. The third kappa shape index (κ3) is 3.55. The molecule has 4 N–H and O–H groups in total. The van der Waals surface area contributed by atoms with Gasteiger partial charge in [0, 0.05) is 6.20 Å². The molecule has 0 amide bonds. The fourth-order valence-electron chi connectivity index (χ4n) is 2.21. The van der Waals surface area contributed by atoms with Crippen LogP contribution in [0.25, 0.3) is 0 Å². The fraction of sp³-hybridized carbons (Fsp3) is 0.118. The van der Waals surface area contributed by atoms with E-state index in [-0.39, 0.29) is 6.04 Å². The highest BCUT2D eigenvalue weighted by Gasteiger charge is 2.12. The summed E-state index contributed by atoms with van der Waals surface area (Å²) >= 11 is 0. The zero-order valence-corrected chi connectivity index (χ0v) is 12.8. The Labute approximate surface area is 134 Å². The van der Waals surface area contributed by atoms with Gasteiger partial charge in [0.2, 0.25) is 0 Å². The third-order valence-corrected chi connectivity index (χ3v) is 3.46. The molecule has 0 spiro atoms. The van der Waals surface area contributed by atoms with Gasteiger partial charge in [0.15, 0.2) is 11.6 Å². The molecule has 0 aliphatic carbocycles.